The van der Waals surface area contributed by atoms with Crippen LogP contribution in [0.1, 0.15) is 19.8 Å². The number of piperidine rings is 1. The van der Waals surface area contributed by atoms with E-state index in [2.05, 4.69) is 11.8 Å². The first kappa shape index (κ1) is 12.6. The molecule has 0 aromatic carbocycles. The summed E-state index contributed by atoms with van der Waals surface area (Å²) in [5.41, 5.74) is 0. The molecular formula is C11H21NO3. The SMILES string of the molecule is CCC1CN(CC(OC)OC)CCC1=O. The number of likely N-dealkylation sites (tertiary alicyclic amines) is 1. The van der Waals surface area contributed by atoms with Gasteiger partial charge in [-0.1, -0.05) is 6.92 Å². The molecule has 0 amide bonds. The molecule has 4 heteroatoms. The van der Waals surface area contributed by atoms with Crippen LogP contribution in [0.5, 0.6) is 0 Å². The second-order valence-electron chi connectivity index (χ2n) is 3.98. The van der Waals surface area contributed by atoms with Gasteiger partial charge in [-0.3, -0.25) is 9.69 Å². The fourth-order valence-electron chi connectivity index (χ4n) is 1.96. The van der Waals surface area contributed by atoms with E-state index in [-0.39, 0.29) is 12.2 Å². The molecule has 1 atom stereocenters. The third-order valence-corrected chi connectivity index (χ3v) is 3.03. The molecule has 0 radical (unpaired) electrons. The zero-order valence-corrected chi connectivity index (χ0v) is 9.86. The van der Waals surface area contributed by atoms with Crippen molar-refractivity contribution in [3.63, 3.8) is 0 Å². The van der Waals surface area contributed by atoms with Gasteiger partial charge < -0.3 is 9.47 Å². The highest BCUT2D eigenvalue weighted by molar-refractivity contribution is 5.82. The van der Waals surface area contributed by atoms with E-state index in [1.54, 1.807) is 14.2 Å². The van der Waals surface area contributed by atoms with E-state index < -0.39 is 0 Å². The number of hydrogen-bond donors (Lipinski definition) is 0. The lowest BCUT2D eigenvalue weighted by Crippen LogP contribution is -2.44. The number of Topliss-reactive ketones (excluding diaryl/α,β-unsaturated/α-hetero) is 1. The predicted molar refractivity (Wildman–Crippen MR) is 57.7 cm³/mol. The molecule has 4 nitrogen and oxygen atoms in total. The highest BCUT2D eigenvalue weighted by atomic mass is 16.7. The summed E-state index contributed by atoms with van der Waals surface area (Å²) in [5, 5.41) is 0. The molecule has 88 valence electrons. The van der Waals surface area contributed by atoms with Gasteiger partial charge in [-0.05, 0) is 6.42 Å². The Bertz CT molecular complexity index is 204. The number of carbonyl (C=O) groups excluding carboxylic acids is 1. The summed E-state index contributed by atoms with van der Waals surface area (Å²) in [4.78, 5) is 13.7. The fraction of sp³-hybridized carbons (Fsp3) is 0.909. The molecule has 1 unspecified atom stereocenters. The van der Waals surface area contributed by atoms with Gasteiger partial charge in [0.25, 0.3) is 0 Å². The van der Waals surface area contributed by atoms with Gasteiger partial charge in [-0.25, -0.2) is 0 Å². The molecule has 0 aromatic heterocycles. The molecule has 1 saturated heterocycles. The second-order valence-corrected chi connectivity index (χ2v) is 3.98. The van der Waals surface area contributed by atoms with Gasteiger partial charge in [0.05, 0.1) is 0 Å². The van der Waals surface area contributed by atoms with Crippen LogP contribution in [0.25, 0.3) is 0 Å². The number of methoxy groups -OCH3 is 2. The highest BCUT2D eigenvalue weighted by Gasteiger charge is 2.26. The predicted octanol–water partition coefficient (Wildman–Crippen LogP) is 0.906. The summed E-state index contributed by atoms with van der Waals surface area (Å²) in [6.45, 7) is 4.49. The molecule has 1 heterocycles. The molecule has 0 N–H and O–H groups in total. The first-order valence-corrected chi connectivity index (χ1v) is 5.51. The van der Waals surface area contributed by atoms with Crippen molar-refractivity contribution in [2.45, 2.75) is 26.1 Å². The lowest BCUT2D eigenvalue weighted by Gasteiger charge is -2.32. The average molecular weight is 215 g/mol. The maximum absolute atomic E-state index is 11.5. The Morgan fingerprint density at radius 2 is 2.13 bits per heavy atom. The average Bonchev–Trinajstić information content (AvgIpc) is 2.28. The fourth-order valence-corrected chi connectivity index (χ4v) is 1.96. The van der Waals surface area contributed by atoms with Gasteiger partial charge in [-0.2, -0.15) is 0 Å². The van der Waals surface area contributed by atoms with E-state index in [9.17, 15) is 4.79 Å². The summed E-state index contributed by atoms with van der Waals surface area (Å²) in [7, 11) is 3.28. The Kier molecular flexibility index (Phi) is 5.22. The van der Waals surface area contributed by atoms with Crippen molar-refractivity contribution < 1.29 is 14.3 Å². The van der Waals surface area contributed by atoms with Gasteiger partial charge in [0.1, 0.15) is 5.78 Å². The van der Waals surface area contributed by atoms with Crippen LogP contribution in [0.15, 0.2) is 0 Å². The van der Waals surface area contributed by atoms with Crippen LogP contribution in [-0.2, 0) is 14.3 Å². The van der Waals surface area contributed by atoms with Crippen molar-refractivity contribution in [3.8, 4) is 0 Å². The third kappa shape index (κ3) is 3.55. The zero-order valence-electron chi connectivity index (χ0n) is 9.86. The number of nitrogens with zero attached hydrogens (tertiary/aromatic N) is 1. The third-order valence-electron chi connectivity index (χ3n) is 3.03. The topological polar surface area (TPSA) is 38.8 Å². The van der Waals surface area contributed by atoms with Crippen LogP contribution in [-0.4, -0.2) is 50.8 Å². The summed E-state index contributed by atoms with van der Waals surface area (Å²) in [6, 6.07) is 0. The van der Waals surface area contributed by atoms with E-state index >= 15 is 0 Å². The number of hydrogen-bond acceptors (Lipinski definition) is 4. The maximum Gasteiger partial charge on any atom is 0.169 e. The van der Waals surface area contributed by atoms with Gasteiger partial charge in [0.15, 0.2) is 6.29 Å². The number of ketones is 1. The van der Waals surface area contributed by atoms with Crippen LogP contribution in [0.4, 0.5) is 0 Å². The van der Waals surface area contributed by atoms with Crippen molar-refractivity contribution >= 4 is 5.78 Å². The molecule has 1 aliphatic rings. The molecule has 1 aliphatic heterocycles. The number of rotatable bonds is 5. The number of ether oxygens (including phenoxy) is 2. The molecule has 1 fully saturated rings. The molecule has 1 rings (SSSR count). The van der Waals surface area contributed by atoms with Crippen LogP contribution in [0.2, 0.25) is 0 Å². The van der Waals surface area contributed by atoms with E-state index in [1.807, 2.05) is 0 Å². The van der Waals surface area contributed by atoms with Crippen molar-refractivity contribution in [1.29, 1.82) is 0 Å². The second kappa shape index (κ2) is 6.20. The van der Waals surface area contributed by atoms with Crippen molar-refractivity contribution in [2.75, 3.05) is 33.9 Å². The molecule has 0 aliphatic carbocycles. The summed E-state index contributed by atoms with van der Waals surface area (Å²) < 4.78 is 10.3. The quantitative estimate of drug-likeness (QED) is 0.639. The lowest BCUT2D eigenvalue weighted by molar-refractivity contribution is -0.134. The Morgan fingerprint density at radius 1 is 1.47 bits per heavy atom. The van der Waals surface area contributed by atoms with E-state index in [0.717, 1.165) is 26.1 Å². The van der Waals surface area contributed by atoms with Crippen molar-refractivity contribution in [1.82, 2.24) is 4.90 Å². The van der Waals surface area contributed by atoms with Crippen LogP contribution < -0.4 is 0 Å². The molecule has 15 heavy (non-hydrogen) atoms. The maximum atomic E-state index is 11.5. The van der Waals surface area contributed by atoms with Crippen LogP contribution in [0, 0.1) is 5.92 Å². The smallest absolute Gasteiger partial charge is 0.169 e. The minimum absolute atomic E-state index is 0.185. The van der Waals surface area contributed by atoms with Crippen molar-refractivity contribution in [2.24, 2.45) is 5.92 Å². The lowest BCUT2D eigenvalue weighted by atomic mass is 9.94. The first-order valence-electron chi connectivity index (χ1n) is 5.51. The largest absolute Gasteiger partial charge is 0.355 e. The standard InChI is InChI=1S/C11H21NO3/c1-4-9-7-12(6-5-10(9)13)8-11(14-2)15-3/h9,11H,4-8H2,1-3H3. The normalized spacial score (nSPS) is 23.7. The van der Waals surface area contributed by atoms with E-state index in [4.69, 9.17) is 9.47 Å². The van der Waals surface area contributed by atoms with Gasteiger partial charge >= 0.3 is 0 Å². The Hall–Kier alpha value is -0.450. The van der Waals surface area contributed by atoms with Crippen molar-refractivity contribution in [3.05, 3.63) is 0 Å². The summed E-state index contributed by atoms with van der Waals surface area (Å²) >= 11 is 0. The molecular weight excluding hydrogens is 194 g/mol. The minimum Gasteiger partial charge on any atom is -0.355 e. The minimum atomic E-state index is -0.185. The molecule has 0 aromatic rings. The Balaban J connectivity index is 2.40. The summed E-state index contributed by atoms with van der Waals surface area (Å²) in [5.74, 6) is 0.605. The molecule has 0 spiro atoms. The van der Waals surface area contributed by atoms with Gasteiger partial charge in [0.2, 0.25) is 0 Å². The van der Waals surface area contributed by atoms with Crippen LogP contribution in [0.3, 0.4) is 0 Å². The molecule has 0 bridgehead atoms. The van der Waals surface area contributed by atoms with Gasteiger partial charge in [0, 0.05) is 46.2 Å². The van der Waals surface area contributed by atoms with E-state index in [1.165, 1.54) is 0 Å². The zero-order chi connectivity index (χ0) is 11.3. The highest BCUT2D eigenvalue weighted by Crippen LogP contribution is 2.16. The number of carbonyl (C=O) groups is 1. The van der Waals surface area contributed by atoms with Gasteiger partial charge in [-0.15, -0.1) is 0 Å². The monoisotopic (exact) mass is 215 g/mol. The molecule has 0 saturated carbocycles. The first-order chi connectivity index (χ1) is 7.21. The Labute approximate surface area is 91.5 Å². The van der Waals surface area contributed by atoms with E-state index in [0.29, 0.717) is 12.2 Å². The van der Waals surface area contributed by atoms with Crippen LogP contribution >= 0.6 is 0 Å². The Morgan fingerprint density at radius 3 is 2.67 bits per heavy atom. The summed E-state index contributed by atoms with van der Waals surface area (Å²) in [6.07, 6.45) is 1.41.